The number of benzene rings is 3. The van der Waals surface area contributed by atoms with Crippen LogP contribution in [0.5, 0.6) is 0 Å². The van der Waals surface area contributed by atoms with Crippen LogP contribution in [0, 0.1) is 29.6 Å². The minimum Gasteiger partial charge on any atom is -0.460 e. The summed E-state index contributed by atoms with van der Waals surface area (Å²) in [4.78, 5) is 5.70. The Hall–Kier alpha value is -5.41. The van der Waals surface area contributed by atoms with Gasteiger partial charge in [-0.1, -0.05) is 110 Å². The van der Waals surface area contributed by atoms with Gasteiger partial charge < -0.3 is 8.83 Å². The van der Waals surface area contributed by atoms with Crippen molar-refractivity contribution in [1.29, 1.82) is 0 Å². The minimum atomic E-state index is 0.251. The molecule has 0 saturated heterocycles. The molecule has 0 amide bonds. The number of nitrogens with zero attached hydrogens (tertiary/aromatic N) is 1. The Bertz CT molecular complexity index is 2670. The van der Waals surface area contributed by atoms with Crippen molar-refractivity contribution >= 4 is 44.7 Å². The number of furan rings is 2. The van der Waals surface area contributed by atoms with Gasteiger partial charge in [-0.2, -0.15) is 0 Å². The van der Waals surface area contributed by atoms with Crippen LogP contribution in [-0.4, -0.2) is 5.71 Å². The second kappa shape index (κ2) is 14.0. The van der Waals surface area contributed by atoms with Gasteiger partial charge in [-0.3, -0.25) is 4.99 Å². The average Bonchev–Trinajstić information content (AvgIpc) is 3.76. The fraction of sp³-hybridized carbons (Fsp3) is 0.302. The van der Waals surface area contributed by atoms with Crippen molar-refractivity contribution in [1.82, 2.24) is 0 Å². The lowest BCUT2D eigenvalue weighted by Gasteiger charge is -2.31. The van der Waals surface area contributed by atoms with E-state index in [9.17, 15) is 0 Å². The van der Waals surface area contributed by atoms with E-state index < -0.39 is 0 Å². The van der Waals surface area contributed by atoms with Crippen LogP contribution in [0.1, 0.15) is 81.1 Å². The molecule has 3 nitrogen and oxygen atoms in total. The van der Waals surface area contributed by atoms with E-state index in [1.807, 2.05) is 0 Å². The highest BCUT2D eigenvalue weighted by Crippen LogP contribution is 2.46. The number of aliphatic imine (C=N–C) groups is 1. The molecule has 2 aromatic heterocycles. The molecule has 0 bridgehead atoms. The van der Waals surface area contributed by atoms with Gasteiger partial charge >= 0.3 is 0 Å². The van der Waals surface area contributed by atoms with Crippen LogP contribution in [-0.2, 0) is 6.42 Å². The molecule has 5 aromatic rings. The zero-order valence-electron chi connectivity index (χ0n) is 32.3. The molecule has 6 aliphatic rings. The first-order valence-corrected chi connectivity index (χ1v) is 21.2. The summed E-state index contributed by atoms with van der Waals surface area (Å²) in [5, 5.41) is 3.61. The summed E-state index contributed by atoms with van der Waals surface area (Å²) >= 11 is 0. The van der Waals surface area contributed by atoms with Crippen LogP contribution in [0.15, 0.2) is 169 Å². The summed E-state index contributed by atoms with van der Waals surface area (Å²) in [7, 11) is 0. The number of allylic oxidation sites excluding steroid dienone is 15. The second-order valence-corrected chi connectivity index (χ2v) is 17.2. The zero-order valence-corrected chi connectivity index (χ0v) is 32.3. The smallest absolute Gasteiger partial charge is 0.135 e. The predicted octanol–water partition coefficient (Wildman–Crippen LogP) is 14.1. The van der Waals surface area contributed by atoms with E-state index in [1.165, 1.54) is 73.8 Å². The fourth-order valence-electron chi connectivity index (χ4n) is 10.6. The van der Waals surface area contributed by atoms with E-state index in [-0.39, 0.29) is 11.8 Å². The zero-order chi connectivity index (χ0) is 37.2. The normalized spacial score (nSPS) is 27.5. The van der Waals surface area contributed by atoms with Gasteiger partial charge in [-0.05, 0) is 121 Å². The van der Waals surface area contributed by atoms with E-state index in [0.29, 0.717) is 23.7 Å². The van der Waals surface area contributed by atoms with Crippen LogP contribution in [0.2, 0.25) is 0 Å². The maximum absolute atomic E-state index is 6.37. The Morgan fingerprint density at radius 2 is 1.52 bits per heavy atom. The summed E-state index contributed by atoms with van der Waals surface area (Å²) in [5.74, 6) is 3.63. The van der Waals surface area contributed by atoms with Crippen molar-refractivity contribution in [3.63, 3.8) is 0 Å². The summed E-state index contributed by atoms with van der Waals surface area (Å²) in [6, 6.07) is 23.9. The van der Waals surface area contributed by atoms with Gasteiger partial charge in [0.15, 0.2) is 0 Å². The molecule has 0 N–H and O–H groups in total. The monoisotopic (exact) mass is 731 g/mol. The molecule has 6 atom stereocenters. The van der Waals surface area contributed by atoms with Gasteiger partial charge in [0, 0.05) is 63.2 Å². The molecule has 3 heterocycles. The molecule has 0 radical (unpaired) electrons. The first-order chi connectivity index (χ1) is 27.6. The van der Waals surface area contributed by atoms with Gasteiger partial charge in [0.05, 0.1) is 0 Å². The molecular weight excluding hydrogens is 683 g/mol. The molecule has 11 rings (SSSR count). The van der Waals surface area contributed by atoms with Crippen LogP contribution >= 0.6 is 0 Å². The predicted molar refractivity (Wildman–Crippen MR) is 232 cm³/mol. The highest BCUT2D eigenvalue weighted by Gasteiger charge is 2.33. The lowest BCUT2D eigenvalue weighted by molar-refractivity contribution is 0.478. The first kappa shape index (κ1) is 33.9. The SMILES string of the molecule is CC1CC(C2=CC3C=CC=CC3CC2)=NC(C2CC=CCC2)=CC1C1=CC(c2ccc3oc4ccccc4c3c2)CC(C2=Cc3c(oc4ccccc34)CC2)=C1. The number of hydrogen-bond acceptors (Lipinski definition) is 3. The molecule has 0 saturated carbocycles. The largest absolute Gasteiger partial charge is 0.460 e. The molecule has 3 heteroatoms. The van der Waals surface area contributed by atoms with Gasteiger partial charge in [-0.15, -0.1) is 0 Å². The third kappa shape index (κ3) is 6.08. The van der Waals surface area contributed by atoms with E-state index in [1.54, 1.807) is 0 Å². The molecule has 1 aliphatic heterocycles. The number of hydrogen-bond donors (Lipinski definition) is 0. The van der Waals surface area contributed by atoms with Crippen LogP contribution in [0.3, 0.4) is 0 Å². The molecule has 56 heavy (non-hydrogen) atoms. The molecule has 0 spiro atoms. The van der Waals surface area contributed by atoms with Crippen LogP contribution in [0.4, 0.5) is 0 Å². The topological polar surface area (TPSA) is 38.6 Å². The number of rotatable bonds is 5. The second-order valence-electron chi connectivity index (χ2n) is 17.2. The van der Waals surface area contributed by atoms with Gasteiger partial charge in [-0.25, -0.2) is 0 Å². The third-order valence-electron chi connectivity index (χ3n) is 13.7. The van der Waals surface area contributed by atoms with Crippen LogP contribution in [0.25, 0.3) is 39.0 Å². The molecule has 5 aliphatic carbocycles. The summed E-state index contributed by atoms with van der Waals surface area (Å²) in [6.45, 7) is 2.49. The average molecular weight is 732 g/mol. The van der Waals surface area contributed by atoms with E-state index in [4.69, 9.17) is 13.8 Å². The Kier molecular flexibility index (Phi) is 8.45. The molecular formula is C53H49NO2. The van der Waals surface area contributed by atoms with Gasteiger partial charge in [0.1, 0.15) is 22.5 Å². The third-order valence-corrected chi connectivity index (χ3v) is 13.7. The summed E-state index contributed by atoms with van der Waals surface area (Å²) in [6.07, 6.45) is 36.5. The number of para-hydroxylation sites is 2. The standard InChI is InChI=1S/C53H49NO2/c1-33-25-48(39-20-19-34-11-5-6-14-36(34)26-39)54-49(35-12-3-2-4-13-35)32-45(33)42-28-40(37-21-23-52-46(30-37)43-15-7-9-17-50(43)55-52)27-41(29-42)38-22-24-53-47(31-38)44-16-8-10-18-51(44)56-53/h2-3,5-11,14-18,21,23,26,28-36,40,45H,4,12-13,19-20,22,24-25,27H2,1H3. The van der Waals surface area contributed by atoms with Gasteiger partial charge in [0.2, 0.25) is 0 Å². The van der Waals surface area contributed by atoms with E-state index in [2.05, 4.69) is 140 Å². The maximum atomic E-state index is 6.37. The van der Waals surface area contributed by atoms with Crippen molar-refractivity contribution in [2.24, 2.45) is 34.6 Å². The highest BCUT2D eigenvalue weighted by atomic mass is 16.3. The number of aryl methyl sites for hydroxylation is 1. The van der Waals surface area contributed by atoms with Crippen molar-refractivity contribution in [2.75, 3.05) is 0 Å². The van der Waals surface area contributed by atoms with Gasteiger partial charge in [0.25, 0.3) is 0 Å². The van der Waals surface area contributed by atoms with Crippen molar-refractivity contribution in [2.45, 2.75) is 70.6 Å². The lowest BCUT2D eigenvalue weighted by Crippen LogP contribution is -2.21. The fourth-order valence-corrected chi connectivity index (χ4v) is 10.6. The maximum Gasteiger partial charge on any atom is 0.135 e. The molecule has 6 unspecified atom stereocenters. The summed E-state index contributed by atoms with van der Waals surface area (Å²) in [5.41, 5.74) is 14.0. The Labute approximate surface area is 330 Å². The molecule has 3 aromatic carbocycles. The van der Waals surface area contributed by atoms with Crippen molar-refractivity contribution in [3.05, 3.63) is 172 Å². The highest BCUT2D eigenvalue weighted by molar-refractivity contribution is 6.05. The Morgan fingerprint density at radius 3 is 2.41 bits per heavy atom. The number of fused-ring (bicyclic) bond motifs is 7. The lowest BCUT2D eigenvalue weighted by atomic mass is 9.73. The van der Waals surface area contributed by atoms with Crippen molar-refractivity contribution < 1.29 is 8.83 Å². The van der Waals surface area contributed by atoms with Crippen molar-refractivity contribution in [3.8, 4) is 0 Å². The quantitative estimate of drug-likeness (QED) is 0.169. The minimum absolute atomic E-state index is 0.251. The Morgan fingerprint density at radius 1 is 0.679 bits per heavy atom. The van der Waals surface area contributed by atoms with E-state index in [0.717, 1.165) is 67.5 Å². The van der Waals surface area contributed by atoms with E-state index >= 15 is 0 Å². The first-order valence-electron chi connectivity index (χ1n) is 21.2. The summed E-state index contributed by atoms with van der Waals surface area (Å²) < 4.78 is 12.7. The molecule has 0 fully saturated rings. The Balaban J connectivity index is 1.02. The van der Waals surface area contributed by atoms with Crippen LogP contribution < -0.4 is 0 Å². The molecule has 278 valence electrons.